The Morgan fingerprint density at radius 1 is 1.25 bits per heavy atom. The van der Waals surface area contributed by atoms with E-state index in [1.54, 1.807) is 13.3 Å². The smallest absolute Gasteiger partial charge is 0.251 e. The number of hydrogen-bond donors (Lipinski definition) is 1. The number of ether oxygens (including phenoxy) is 1. The van der Waals surface area contributed by atoms with Crippen molar-refractivity contribution in [3.8, 4) is 17.7 Å². The number of allylic oxidation sites excluding steroid dienone is 3. The highest BCUT2D eigenvalue weighted by molar-refractivity contribution is 6.13. The van der Waals surface area contributed by atoms with Gasteiger partial charge in [-0.25, -0.2) is 9.50 Å². The van der Waals surface area contributed by atoms with Gasteiger partial charge in [-0.05, 0) is 24.1 Å². The van der Waals surface area contributed by atoms with E-state index in [0.29, 0.717) is 41.2 Å². The Bertz CT molecular complexity index is 1460. The lowest BCUT2D eigenvalue weighted by atomic mass is 9.86. The van der Waals surface area contributed by atoms with E-state index in [1.165, 1.54) is 28.8 Å². The van der Waals surface area contributed by atoms with Crippen molar-refractivity contribution >= 4 is 17.3 Å². The van der Waals surface area contributed by atoms with Crippen LogP contribution in [-0.2, 0) is 6.54 Å². The molecule has 7 rings (SSSR count). The Hall–Kier alpha value is -4.23. The maximum atomic E-state index is 14.2. The summed E-state index contributed by atoms with van der Waals surface area (Å²) >= 11 is 0. The fourth-order valence-corrected chi connectivity index (χ4v) is 5.36. The molecule has 7 heterocycles. The molecular weight excluding hydrogens is 461 g/mol. The van der Waals surface area contributed by atoms with E-state index in [1.807, 2.05) is 30.5 Å². The van der Waals surface area contributed by atoms with Gasteiger partial charge in [0.15, 0.2) is 0 Å². The second kappa shape index (κ2) is 8.77. The van der Waals surface area contributed by atoms with Crippen molar-refractivity contribution in [3.05, 3.63) is 71.1 Å². The van der Waals surface area contributed by atoms with Crippen molar-refractivity contribution in [1.82, 2.24) is 24.4 Å². The average molecular weight is 486 g/mol. The zero-order chi connectivity index (χ0) is 24.8. The molecule has 2 unspecified atom stereocenters. The topological polar surface area (TPSA) is 102 Å². The fourth-order valence-electron chi connectivity index (χ4n) is 5.36. The highest BCUT2D eigenvalue weighted by Crippen LogP contribution is 2.36. The first-order chi connectivity index (χ1) is 17.5. The molecule has 4 aliphatic heterocycles. The SMILES string of the molecule is COc1ccc(CN2C3CC2CN(C2=CC=C(c4cc(O)cn5nc(F)c(C#N)c45)C=NC2)C3)cn1. The summed E-state index contributed by atoms with van der Waals surface area (Å²) in [5.74, 6) is -0.319. The van der Waals surface area contributed by atoms with Gasteiger partial charge in [0, 0.05) is 67.0 Å². The first-order valence-corrected chi connectivity index (χ1v) is 11.8. The minimum atomic E-state index is -0.866. The Kier molecular flexibility index (Phi) is 5.42. The number of rotatable bonds is 5. The number of aromatic hydroxyl groups is 1. The number of fused-ring (bicyclic) bond motifs is 3. The van der Waals surface area contributed by atoms with Gasteiger partial charge in [-0.3, -0.25) is 9.89 Å². The predicted octanol–water partition coefficient (Wildman–Crippen LogP) is 2.76. The van der Waals surface area contributed by atoms with Gasteiger partial charge in [0.1, 0.15) is 17.4 Å². The van der Waals surface area contributed by atoms with E-state index in [4.69, 9.17) is 4.74 Å². The van der Waals surface area contributed by atoms with Crippen LogP contribution >= 0.6 is 0 Å². The summed E-state index contributed by atoms with van der Waals surface area (Å²) in [7, 11) is 1.62. The number of aliphatic imine (C=N–C) groups is 1. The largest absolute Gasteiger partial charge is 0.506 e. The van der Waals surface area contributed by atoms with Gasteiger partial charge in [-0.2, -0.15) is 9.65 Å². The maximum Gasteiger partial charge on any atom is 0.251 e. The number of piperidine rings is 1. The molecule has 2 bridgehead atoms. The fraction of sp³-hybridized carbons (Fsp3) is 0.308. The monoisotopic (exact) mass is 485 g/mol. The lowest BCUT2D eigenvalue weighted by Gasteiger charge is -2.57. The lowest BCUT2D eigenvalue weighted by Crippen LogP contribution is -2.67. The summed E-state index contributed by atoms with van der Waals surface area (Å²) in [4.78, 5) is 13.8. The zero-order valence-corrected chi connectivity index (χ0v) is 19.7. The molecule has 1 N–H and O–H groups in total. The van der Waals surface area contributed by atoms with Crippen LogP contribution in [0.1, 0.15) is 23.1 Å². The summed E-state index contributed by atoms with van der Waals surface area (Å²) in [6, 6.07) is 8.30. The van der Waals surface area contributed by atoms with Crippen LogP contribution in [0.5, 0.6) is 11.6 Å². The third-order valence-corrected chi connectivity index (χ3v) is 7.15. The molecule has 36 heavy (non-hydrogen) atoms. The van der Waals surface area contributed by atoms with E-state index in [9.17, 15) is 14.8 Å². The molecule has 3 saturated heterocycles. The number of nitrogens with zero attached hydrogens (tertiary/aromatic N) is 7. The summed E-state index contributed by atoms with van der Waals surface area (Å²) < 4.78 is 20.5. The standard InChI is InChI=1S/C26H24FN7O2/c1-36-24-5-2-16(9-30-24)12-33-19-6-20(33)14-32(13-19)18-4-3-17(10-29-11-18)22-7-21(35)15-34-25(22)23(8-28)26(27)31-34/h2-5,7,9-10,15,19-20,35H,6,11-14H2,1H3. The molecule has 9 nitrogen and oxygen atoms in total. The minimum absolute atomic E-state index is 0.0736. The average Bonchev–Trinajstić information content (AvgIpc) is 3.05. The van der Waals surface area contributed by atoms with Crippen LogP contribution in [-0.4, -0.2) is 74.5 Å². The van der Waals surface area contributed by atoms with Crippen molar-refractivity contribution in [3.63, 3.8) is 0 Å². The van der Waals surface area contributed by atoms with Gasteiger partial charge >= 0.3 is 0 Å². The van der Waals surface area contributed by atoms with E-state index in [2.05, 4.69) is 30.9 Å². The molecule has 0 amide bonds. The predicted molar refractivity (Wildman–Crippen MR) is 131 cm³/mol. The molecule has 0 aromatic carbocycles. The number of halogens is 1. The Morgan fingerprint density at radius 3 is 2.81 bits per heavy atom. The van der Waals surface area contributed by atoms with Crippen LogP contribution in [0.2, 0.25) is 0 Å². The summed E-state index contributed by atoms with van der Waals surface area (Å²) in [6.45, 7) is 3.24. The van der Waals surface area contributed by atoms with Gasteiger partial charge in [0.25, 0.3) is 5.95 Å². The number of methoxy groups -OCH3 is 1. The van der Waals surface area contributed by atoms with Crippen LogP contribution in [0.3, 0.4) is 0 Å². The van der Waals surface area contributed by atoms with Gasteiger partial charge < -0.3 is 14.7 Å². The second-order valence-corrected chi connectivity index (χ2v) is 9.26. The number of nitriles is 1. The Morgan fingerprint density at radius 2 is 2.08 bits per heavy atom. The molecule has 3 aromatic heterocycles. The third-order valence-electron chi connectivity index (χ3n) is 7.15. The quantitative estimate of drug-likeness (QED) is 0.593. The molecule has 10 heteroatoms. The normalized spacial score (nSPS) is 21.4. The number of piperazine rings is 1. The van der Waals surface area contributed by atoms with Crippen LogP contribution in [0.25, 0.3) is 11.1 Å². The summed E-state index contributed by atoms with van der Waals surface area (Å²) in [5, 5.41) is 23.3. The maximum absolute atomic E-state index is 14.2. The number of aromatic nitrogens is 3. The number of pyridine rings is 2. The minimum Gasteiger partial charge on any atom is -0.506 e. The van der Waals surface area contributed by atoms with Crippen molar-refractivity contribution < 1.29 is 14.2 Å². The molecule has 0 aliphatic carbocycles. The Labute approximate surface area is 207 Å². The summed E-state index contributed by atoms with van der Waals surface area (Å²) in [5.41, 5.74) is 3.62. The third kappa shape index (κ3) is 3.78. The van der Waals surface area contributed by atoms with Crippen LogP contribution in [0, 0.1) is 17.3 Å². The van der Waals surface area contributed by atoms with Crippen molar-refractivity contribution in [2.24, 2.45) is 4.99 Å². The van der Waals surface area contributed by atoms with Crippen molar-refractivity contribution in [2.45, 2.75) is 25.0 Å². The molecular formula is C26H24FN7O2. The molecule has 0 saturated carbocycles. The molecule has 3 fully saturated rings. The molecule has 4 aliphatic rings. The number of hydrogen-bond acceptors (Lipinski definition) is 8. The first kappa shape index (κ1) is 22.2. The molecule has 182 valence electrons. The van der Waals surface area contributed by atoms with Crippen molar-refractivity contribution in [1.29, 1.82) is 5.26 Å². The van der Waals surface area contributed by atoms with Gasteiger partial charge in [-0.15, -0.1) is 5.10 Å². The summed E-state index contributed by atoms with van der Waals surface area (Å²) in [6.07, 6.45) is 9.99. The first-order valence-electron chi connectivity index (χ1n) is 11.8. The van der Waals surface area contributed by atoms with E-state index in [0.717, 1.165) is 25.3 Å². The molecule has 2 atom stereocenters. The van der Waals surface area contributed by atoms with Crippen LogP contribution in [0.15, 0.2) is 53.4 Å². The van der Waals surface area contributed by atoms with E-state index < -0.39 is 5.95 Å². The van der Waals surface area contributed by atoms with Crippen molar-refractivity contribution in [2.75, 3.05) is 26.7 Å². The zero-order valence-electron chi connectivity index (χ0n) is 19.7. The van der Waals surface area contributed by atoms with Gasteiger partial charge in [0.2, 0.25) is 5.88 Å². The van der Waals surface area contributed by atoms with Crippen LogP contribution in [0.4, 0.5) is 4.39 Å². The van der Waals surface area contributed by atoms with Gasteiger partial charge in [0.05, 0.1) is 25.4 Å². The molecule has 0 spiro atoms. The lowest BCUT2D eigenvalue weighted by molar-refractivity contribution is -0.0644. The van der Waals surface area contributed by atoms with E-state index >= 15 is 0 Å². The second-order valence-electron chi connectivity index (χ2n) is 9.26. The Balaban J connectivity index is 1.21. The molecule has 3 aromatic rings. The van der Waals surface area contributed by atoms with Gasteiger partial charge in [-0.1, -0.05) is 12.1 Å². The highest BCUT2D eigenvalue weighted by atomic mass is 19.1. The highest BCUT2D eigenvalue weighted by Gasteiger charge is 2.44. The molecule has 0 radical (unpaired) electrons. The van der Waals surface area contributed by atoms with E-state index in [-0.39, 0.29) is 11.3 Å². The van der Waals surface area contributed by atoms with Crippen LogP contribution < -0.4 is 4.74 Å².